The van der Waals surface area contributed by atoms with Gasteiger partial charge in [-0.3, -0.25) is 0 Å². The lowest BCUT2D eigenvalue weighted by atomic mass is 10.00. The number of halogens is 3. The van der Waals surface area contributed by atoms with Gasteiger partial charge in [-0.05, 0) is 25.2 Å². The van der Waals surface area contributed by atoms with Gasteiger partial charge in [-0.1, -0.05) is 0 Å². The standard InChI is InChI=1S/C11H11F3N4/c12-11(13,14)9-3-8(6-1-2-6)17-10-7(4-15)5-16-18(9)10/h5-6,8-9,17H,1-3H2/t8-,9+/m1/s1. The molecule has 1 aromatic rings. The summed E-state index contributed by atoms with van der Waals surface area (Å²) in [6, 6.07) is 0.0492. The SMILES string of the molecule is N#Cc1cnn2c1N[C@@H](C1CC1)C[C@H]2C(F)(F)F. The first kappa shape index (κ1) is 11.4. The number of nitriles is 1. The summed E-state index contributed by atoms with van der Waals surface area (Å²) in [6.07, 6.45) is -1.23. The van der Waals surface area contributed by atoms with Crippen LogP contribution in [0.15, 0.2) is 6.20 Å². The van der Waals surface area contributed by atoms with Gasteiger partial charge in [-0.2, -0.15) is 23.5 Å². The molecule has 3 rings (SSSR count). The van der Waals surface area contributed by atoms with Crippen LogP contribution < -0.4 is 5.32 Å². The molecule has 0 amide bonds. The maximum absolute atomic E-state index is 13.0. The van der Waals surface area contributed by atoms with E-state index in [9.17, 15) is 13.2 Å². The molecule has 1 N–H and O–H groups in total. The van der Waals surface area contributed by atoms with E-state index in [1.165, 1.54) is 6.20 Å². The Balaban J connectivity index is 2.01. The first-order valence-corrected chi connectivity index (χ1v) is 5.81. The summed E-state index contributed by atoms with van der Waals surface area (Å²) in [6.45, 7) is 0. The largest absolute Gasteiger partial charge is 0.410 e. The molecule has 1 aromatic heterocycles. The molecule has 1 aliphatic heterocycles. The molecule has 1 saturated carbocycles. The van der Waals surface area contributed by atoms with E-state index in [0.29, 0.717) is 5.92 Å². The van der Waals surface area contributed by atoms with Crippen molar-refractivity contribution in [1.82, 2.24) is 9.78 Å². The Hall–Kier alpha value is -1.71. The fourth-order valence-corrected chi connectivity index (χ4v) is 2.48. The van der Waals surface area contributed by atoms with Gasteiger partial charge in [-0.15, -0.1) is 0 Å². The van der Waals surface area contributed by atoms with E-state index in [1.807, 2.05) is 6.07 Å². The Bertz CT molecular complexity index is 509. The Morgan fingerprint density at radius 3 is 2.72 bits per heavy atom. The summed E-state index contributed by atoms with van der Waals surface area (Å²) < 4.78 is 40.0. The summed E-state index contributed by atoms with van der Waals surface area (Å²) in [4.78, 5) is 0. The summed E-state index contributed by atoms with van der Waals surface area (Å²) in [5.41, 5.74) is 0.176. The topological polar surface area (TPSA) is 53.6 Å². The number of nitrogens with zero attached hydrogens (tertiary/aromatic N) is 3. The monoisotopic (exact) mass is 256 g/mol. The lowest BCUT2D eigenvalue weighted by Gasteiger charge is -2.33. The van der Waals surface area contributed by atoms with E-state index in [4.69, 9.17) is 5.26 Å². The first-order chi connectivity index (χ1) is 8.50. The van der Waals surface area contributed by atoms with E-state index in [-0.39, 0.29) is 23.8 Å². The van der Waals surface area contributed by atoms with Crippen molar-refractivity contribution < 1.29 is 13.2 Å². The van der Waals surface area contributed by atoms with Gasteiger partial charge in [0.2, 0.25) is 0 Å². The molecule has 2 heterocycles. The van der Waals surface area contributed by atoms with Crippen LogP contribution >= 0.6 is 0 Å². The third kappa shape index (κ3) is 1.72. The molecule has 1 fully saturated rings. The fraction of sp³-hybridized carbons (Fsp3) is 0.636. The van der Waals surface area contributed by atoms with Crippen LogP contribution in [0.25, 0.3) is 0 Å². The number of fused-ring (bicyclic) bond motifs is 1. The van der Waals surface area contributed by atoms with Crippen molar-refractivity contribution in [3.8, 4) is 6.07 Å². The van der Waals surface area contributed by atoms with Gasteiger partial charge >= 0.3 is 6.18 Å². The minimum Gasteiger partial charge on any atom is -0.366 e. The van der Waals surface area contributed by atoms with Crippen LogP contribution in [0, 0.1) is 17.2 Å². The van der Waals surface area contributed by atoms with Crippen LogP contribution in [-0.4, -0.2) is 22.0 Å². The average molecular weight is 256 g/mol. The molecule has 96 valence electrons. The zero-order valence-corrected chi connectivity index (χ0v) is 9.41. The van der Waals surface area contributed by atoms with E-state index in [0.717, 1.165) is 17.5 Å². The first-order valence-electron chi connectivity index (χ1n) is 5.81. The number of hydrogen-bond acceptors (Lipinski definition) is 3. The number of alkyl halides is 3. The van der Waals surface area contributed by atoms with Crippen molar-refractivity contribution in [3.05, 3.63) is 11.8 Å². The van der Waals surface area contributed by atoms with Gasteiger partial charge in [0.15, 0.2) is 6.04 Å². The van der Waals surface area contributed by atoms with Crippen LogP contribution in [0.3, 0.4) is 0 Å². The maximum atomic E-state index is 13.0. The summed E-state index contributed by atoms with van der Waals surface area (Å²) in [5, 5.41) is 15.6. The van der Waals surface area contributed by atoms with Gasteiger partial charge in [-0.25, -0.2) is 4.68 Å². The third-order valence-corrected chi connectivity index (χ3v) is 3.58. The quantitative estimate of drug-likeness (QED) is 0.839. The second-order valence-corrected chi connectivity index (χ2v) is 4.84. The molecule has 2 aliphatic rings. The fourth-order valence-electron chi connectivity index (χ4n) is 2.48. The van der Waals surface area contributed by atoms with Crippen LogP contribution in [0.4, 0.5) is 19.0 Å². The molecule has 0 radical (unpaired) electrons. The van der Waals surface area contributed by atoms with E-state index in [2.05, 4.69) is 10.4 Å². The number of aromatic nitrogens is 2. The molecule has 1 aliphatic carbocycles. The smallest absolute Gasteiger partial charge is 0.366 e. The van der Waals surface area contributed by atoms with Crippen molar-refractivity contribution >= 4 is 5.82 Å². The molecule has 18 heavy (non-hydrogen) atoms. The van der Waals surface area contributed by atoms with Crippen molar-refractivity contribution in [2.45, 2.75) is 37.5 Å². The molecule has 0 bridgehead atoms. The molecule has 0 saturated heterocycles. The normalized spacial score (nSPS) is 27.2. The summed E-state index contributed by atoms with van der Waals surface area (Å²) >= 11 is 0. The van der Waals surface area contributed by atoms with Crippen molar-refractivity contribution in [2.24, 2.45) is 5.92 Å². The predicted octanol–water partition coefficient (Wildman–Crippen LogP) is 2.45. The zero-order valence-electron chi connectivity index (χ0n) is 9.41. The van der Waals surface area contributed by atoms with Crippen LogP contribution in [0.1, 0.15) is 30.9 Å². The van der Waals surface area contributed by atoms with Gasteiger partial charge in [0, 0.05) is 6.04 Å². The second-order valence-electron chi connectivity index (χ2n) is 4.84. The number of nitrogens with one attached hydrogen (secondary N) is 1. The number of rotatable bonds is 1. The highest BCUT2D eigenvalue weighted by Crippen LogP contribution is 2.45. The highest BCUT2D eigenvalue weighted by atomic mass is 19.4. The zero-order chi connectivity index (χ0) is 12.9. The minimum absolute atomic E-state index is 0.00623. The molecular formula is C11H11F3N4. The third-order valence-electron chi connectivity index (χ3n) is 3.58. The van der Waals surface area contributed by atoms with Crippen molar-refractivity contribution in [1.29, 1.82) is 5.26 Å². The molecule has 0 spiro atoms. The van der Waals surface area contributed by atoms with E-state index >= 15 is 0 Å². The second kappa shape index (κ2) is 3.64. The number of anilines is 1. The Labute approximate surface area is 101 Å². The maximum Gasteiger partial charge on any atom is 0.410 e. The van der Waals surface area contributed by atoms with E-state index in [1.54, 1.807) is 0 Å². The predicted molar refractivity (Wildman–Crippen MR) is 56.8 cm³/mol. The Morgan fingerprint density at radius 1 is 1.44 bits per heavy atom. The molecule has 7 heteroatoms. The highest BCUT2D eigenvalue weighted by molar-refractivity contribution is 5.53. The highest BCUT2D eigenvalue weighted by Gasteiger charge is 2.49. The molecule has 0 unspecified atom stereocenters. The summed E-state index contributed by atoms with van der Waals surface area (Å²) in [7, 11) is 0. The summed E-state index contributed by atoms with van der Waals surface area (Å²) in [5.74, 6) is 0.507. The molecule has 2 atom stereocenters. The van der Waals surface area contributed by atoms with Gasteiger partial charge in [0.1, 0.15) is 17.5 Å². The average Bonchev–Trinajstić information content (AvgIpc) is 3.07. The molecule has 4 nitrogen and oxygen atoms in total. The molecule has 0 aromatic carbocycles. The van der Waals surface area contributed by atoms with Gasteiger partial charge in [0.05, 0.1) is 6.20 Å². The number of hydrogen-bond donors (Lipinski definition) is 1. The minimum atomic E-state index is -4.33. The van der Waals surface area contributed by atoms with Gasteiger partial charge in [0.25, 0.3) is 0 Å². The van der Waals surface area contributed by atoms with Crippen LogP contribution in [0.5, 0.6) is 0 Å². The van der Waals surface area contributed by atoms with Crippen LogP contribution in [-0.2, 0) is 0 Å². The van der Waals surface area contributed by atoms with Crippen molar-refractivity contribution in [2.75, 3.05) is 5.32 Å². The Morgan fingerprint density at radius 2 is 2.17 bits per heavy atom. The van der Waals surface area contributed by atoms with E-state index < -0.39 is 12.2 Å². The van der Waals surface area contributed by atoms with Gasteiger partial charge < -0.3 is 5.32 Å². The van der Waals surface area contributed by atoms with Crippen LogP contribution in [0.2, 0.25) is 0 Å². The van der Waals surface area contributed by atoms with Crippen molar-refractivity contribution in [3.63, 3.8) is 0 Å². The molecular weight excluding hydrogens is 245 g/mol. The Kier molecular flexibility index (Phi) is 2.30. The lowest BCUT2D eigenvalue weighted by molar-refractivity contribution is -0.174. The lowest BCUT2D eigenvalue weighted by Crippen LogP contribution is -2.40.